The van der Waals surface area contributed by atoms with E-state index in [1.165, 1.54) is 12.1 Å². The fraction of sp³-hybridized carbons (Fsp3) is 0. The van der Waals surface area contributed by atoms with Crippen LogP contribution in [0.25, 0.3) is 0 Å². The summed E-state index contributed by atoms with van der Waals surface area (Å²) in [4.78, 5) is 0.270. The smallest absolute Gasteiger partial charge is 0.305 e. The Bertz CT molecular complexity index is 375. The van der Waals surface area contributed by atoms with Crippen molar-refractivity contribution in [3.8, 4) is 0 Å². The lowest BCUT2D eigenvalue weighted by molar-refractivity contribution is -0.514. The van der Waals surface area contributed by atoms with Gasteiger partial charge in [-0.15, -0.1) is 0 Å². The van der Waals surface area contributed by atoms with Crippen LogP contribution in [-0.4, -0.2) is 4.86 Å². The van der Waals surface area contributed by atoms with Crippen molar-refractivity contribution in [2.75, 3.05) is 0 Å². The van der Waals surface area contributed by atoms with Crippen molar-refractivity contribution >= 4 is 11.4 Å². The summed E-state index contributed by atoms with van der Waals surface area (Å²) in [7, 11) is 0. The van der Waals surface area contributed by atoms with E-state index < -0.39 is 0 Å². The van der Waals surface area contributed by atoms with Gasteiger partial charge in [-0.3, -0.25) is 0 Å². The van der Waals surface area contributed by atoms with Gasteiger partial charge in [-0.2, -0.15) is 0 Å². The van der Waals surface area contributed by atoms with E-state index in [4.69, 9.17) is 5.73 Å². The van der Waals surface area contributed by atoms with E-state index >= 15 is 0 Å². The summed E-state index contributed by atoms with van der Waals surface area (Å²) in [5.41, 5.74) is 6.11. The number of nitrogens with zero attached hydrogens (tertiary/aromatic N) is 2. The lowest BCUT2D eigenvalue weighted by Gasteiger charge is -2.04. The number of benzene rings is 1. The van der Waals surface area contributed by atoms with Gasteiger partial charge in [0.2, 0.25) is 5.69 Å². The second-order valence-electron chi connectivity index (χ2n) is 2.54. The number of hydrogen-bond acceptors (Lipinski definition) is 4. The first-order valence-electron chi connectivity index (χ1n) is 3.82. The van der Waals surface area contributed by atoms with Crippen LogP contribution in [0.5, 0.6) is 0 Å². The Morgan fingerprint density at radius 1 is 1.50 bits per heavy atom. The summed E-state index contributed by atoms with van der Waals surface area (Å²) in [6.45, 7) is 3.26. The summed E-state index contributed by atoms with van der Waals surface area (Å²) in [5.74, 6) is -0.110. The van der Waals surface area contributed by atoms with Crippen molar-refractivity contribution in [2.45, 2.75) is 0 Å². The summed E-state index contributed by atoms with van der Waals surface area (Å²) in [6, 6.07) is 6.27. The summed E-state index contributed by atoms with van der Waals surface area (Å²) >= 11 is 0. The molecular formula is C8H10N4O2. The van der Waals surface area contributed by atoms with Crippen LogP contribution in [0.15, 0.2) is 41.8 Å². The Balaban J connectivity index is 3.11. The second kappa shape index (κ2) is 4.35. The molecule has 0 aliphatic carbocycles. The molecule has 4 N–H and O–H groups in total. The van der Waals surface area contributed by atoms with E-state index in [2.05, 4.69) is 11.7 Å². The first-order chi connectivity index (χ1) is 6.65. The predicted octanol–water partition coefficient (Wildman–Crippen LogP) is 0.403. The van der Waals surface area contributed by atoms with Gasteiger partial charge in [0.25, 0.3) is 0 Å². The molecule has 0 aliphatic heterocycles. The van der Waals surface area contributed by atoms with Gasteiger partial charge in [-0.05, 0) is 4.86 Å². The number of hydrogen-bond donors (Lipinski definition) is 2. The van der Waals surface area contributed by atoms with Gasteiger partial charge < -0.3 is 21.6 Å². The van der Waals surface area contributed by atoms with Crippen LogP contribution in [0.2, 0.25) is 0 Å². The maximum atomic E-state index is 11.3. The zero-order valence-electron chi connectivity index (χ0n) is 7.38. The lowest BCUT2D eigenvalue weighted by Crippen LogP contribution is -2.70. The third-order valence-corrected chi connectivity index (χ3v) is 1.49. The molecule has 0 heterocycles. The Hall–Kier alpha value is -1.92. The predicted molar refractivity (Wildman–Crippen MR) is 50.4 cm³/mol. The maximum Gasteiger partial charge on any atom is 0.305 e. The van der Waals surface area contributed by atoms with E-state index in [0.717, 1.165) is 0 Å². The molecule has 6 nitrogen and oxygen atoms in total. The van der Waals surface area contributed by atoms with E-state index in [9.17, 15) is 10.4 Å². The Labute approximate surface area is 80.5 Å². The van der Waals surface area contributed by atoms with E-state index in [1.807, 2.05) is 0 Å². The minimum atomic E-state index is -0.110. The molecule has 0 aliphatic rings. The Morgan fingerprint density at radius 2 is 2.14 bits per heavy atom. The van der Waals surface area contributed by atoms with Crippen molar-refractivity contribution in [3.63, 3.8) is 0 Å². The highest BCUT2D eigenvalue weighted by Gasteiger charge is 2.11. The SMILES string of the molecule is C=C(N)/N=[N+](/[O-])c1ccccc1[NH2+][O-]. The maximum absolute atomic E-state index is 11.3. The van der Waals surface area contributed by atoms with Crippen molar-refractivity contribution in [3.05, 3.63) is 47.1 Å². The van der Waals surface area contributed by atoms with Gasteiger partial charge in [0.15, 0.2) is 5.82 Å². The highest BCUT2D eigenvalue weighted by atomic mass is 16.5. The molecule has 0 aromatic heterocycles. The van der Waals surface area contributed by atoms with Crippen molar-refractivity contribution in [2.24, 2.45) is 10.8 Å². The molecular weight excluding hydrogens is 184 g/mol. The number of rotatable bonds is 3. The molecule has 1 aromatic carbocycles. The number of azo groups is 1. The third kappa shape index (κ3) is 2.28. The van der Waals surface area contributed by atoms with E-state index in [-0.39, 0.29) is 22.1 Å². The molecule has 0 amide bonds. The molecule has 14 heavy (non-hydrogen) atoms. The molecule has 0 saturated carbocycles. The Kier molecular flexibility index (Phi) is 3.16. The van der Waals surface area contributed by atoms with Crippen LogP contribution in [0.1, 0.15) is 0 Å². The number of quaternary nitrogens is 1. The monoisotopic (exact) mass is 194 g/mol. The minimum absolute atomic E-state index is 0.110. The topological polar surface area (TPSA) is 104 Å². The normalized spacial score (nSPS) is 11.4. The molecule has 1 rings (SSSR count). The standard InChI is InChI=1S/C8H10N4O2/c1-6(9)10-12(14)8-5-3-2-4-7(8)11-13/h2-5H,1,9,11H2/b12-10+. The minimum Gasteiger partial charge on any atom is -0.630 e. The molecule has 1 aromatic rings. The first-order valence-corrected chi connectivity index (χ1v) is 3.82. The average Bonchev–Trinajstić information content (AvgIpc) is 2.16. The quantitative estimate of drug-likeness (QED) is 0.315. The zero-order chi connectivity index (χ0) is 10.6. The van der Waals surface area contributed by atoms with Gasteiger partial charge >= 0.3 is 5.69 Å². The second-order valence-corrected chi connectivity index (χ2v) is 2.54. The molecule has 0 fully saturated rings. The van der Waals surface area contributed by atoms with Crippen LogP contribution in [0, 0.1) is 10.4 Å². The third-order valence-electron chi connectivity index (χ3n) is 1.49. The average molecular weight is 194 g/mol. The van der Waals surface area contributed by atoms with Gasteiger partial charge in [-0.1, -0.05) is 18.7 Å². The van der Waals surface area contributed by atoms with Crippen molar-refractivity contribution in [1.82, 2.24) is 0 Å². The van der Waals surface area contributed by atoms with Crippen LogP contribution in [-0.2, 0) is 0 Å². The zero-order valence-corrected chi connectivity index (χ0v) is 7.38. The highest BCUT2D eigenvalue weighted by molar-refractivity contribution is 5.50. The van der Waals surface area contributed by atoms with Gasteiger partial charge in [0.1, 0.15) is 0 Å². The summed E-state index contributed by atoms with van der Waals surface area (Å²) in [5, 5.41) is 25.2. The fourth-order valence-corrected chi connectivity index (χ4v) is 0.932. The van der Waals surface area contributed by atoms with Gasteiger partial charge in [0, 0.05) is 17.2 Å². The molecule has 0 radical (unpaired) electrons. The first kappa shape index (κ1) is 10.2. The molecule has 0 spiro atoms. The van der Waals surface area contributed by atoms with Crippen LogP contribution >= 0.6 is 0 Å². The van der Waals surface area contributed by atoms with Gasteiger partial charge in [-0.25, -0.2) is 0 Å². The van der Waals surface area contributed by atoms with Crippen molar-refractivity contribution in [1.29, 1.82) is 0 Å². The highest BCUT2D eigenvalue weighted by Crippen LogP contribution is 2.19. The Morgan fingerprint density at radius 3 is 2.71 bits per heavy atom. The van der Waals surface area contributed by atoms with E-state index in [0.29, 0.717) is 5.48 Å². The van der Waals surface area contributed by atoms with Crippen LogP contribution in [0.3, 0.4) is 0 Å². The number of para-hydroxylation sites is 1. The summed E-state index contributed by atoms with van der Waals surface area (Å²) in [6.07, 6.45) is 0. The van der Waals surface area contributed by atoms with E-state index in [1.54, 1.807) is 12.1 Å². The van der Waals surface area contributed by atoms with Crippen LogP contribution < -0.4 is 11.2 Å². The molecule has 74 valence electrons. The largest absolute Gasteiger partial charge is 0.630 e. The van der Waals surface area contributed by atoms with Gasteiger partial charge in [0.05, 0.1) is 0 Å². The number of nitrogens with two attached hydrogens (primary N) is 2. The molecule has 0 bridgehead atoms. The summed E-state index contributed by atoms with van der Waals surface area (Å²) < 4.78 is 0. The van der Waals surface area contributed by atoms with Crippen LogP contribution in [0.4, 0.5) is 11.4 Å². The lowest BCUT2D eigenvalue weighted by atomic mass is 10.3. The molecule has 0 atom stereocenters. The molecule has 0 unspecified atom stereocenters. The van der Waals surface area contributed by atoms with Crippen molar-refractivity contribution < 1.29 is 10.3 Å². The molecule has 0 saturated heterocycles. The fourth-order valence-electron chi connectivity index (χ4n) is 0.932. The molecule has 6 heteroatoms.